The molecule has 0 saturated carbocycles. The first-order chi connectivity index (χ1) is 6.95. The van der Waals surface area contributed by atoms with E-state index in [1.165, 1.54) is 17.6 Å². The van der Waals surface area contributed by atoms with Gasteiger partial charge in [0.05, 0.1) is 16.3 Å². The second-order valence-corrected chi connectivity index (χ2v) is 3.26. The average molecular weight is 252 g/mol. The summed E-state index contributed by atoms with van der Waals surface area (Å²) >= 11 is 9.94. The number of alkyl halides is 3. The molecule has 0 atom stereocenters. The van der Waals surface area contributed by atoms with Gasteiger partial charge in [0.25, 0.3) is 0 Å². The fourth-order valence-corrected chi connectivity index (χ4v) is 1.27. The molecule has 0 bridgehead atoms. The number of benzene rings is 1. The molecule has 15 heavy (non-hydrogen) atoms. The van der Waals surface area contributed by atoms with Crippen LogP contribution >= 0.6 is 23.8 Å². The van der Waals surface area contributed by atoms with E-state index in [4.69, 9.17) is 11.6 Å². The molecular weight excluding hydrogens is 247 g/mol. The zero-order valence-corrected chi connectivity index (χ0v) is 8.83. The van der Waals surface area contributed by atoms with Gasteiger partial charge >= 0.3 is 6.18 Å². The van der Waals surface area contributed by atoms with Gasteiger partial charge < -0.3 is 0 Å². The highest BCUT2D eigenvalue weighted by Gasteiger charge is 2.32. The third-order valence-corrected chi connectivity index (χ3v) is 1.98. The van der Waals surface area contributed by atoms with E-state index in [2.05, 4.69) is 17.2 Å². The number of halogens is 4. The highest BCUT2D eigenvalue weighted by Crippen LogP contribution is 2.36. The lowest BCUT2D eigenvalue weighted by Crippen LogP contribution is -2.05. The first kappa shape index (κ1) is 12.1. The van der Waals surface area contributed by atoms with Gasteiger partial charge in [-0.15, -0.1) is 0 Å². The van der Waals surface area contributed by atoms with Crippen LogP contribution in [0, 0.1) is 0 Å². The Hall–Kier alpha value is -0.940. The lowest BCUT2D eigenvalue weighted by Gasteiger charge is -2.08. The van der Waals surface area contributed by atoms with E-state index in [-0.39, 0.29) is 5.02 Å². The van der Waals surface area contributed by atoms with E-state index >= 15 is 0 Å². The van der Waals surface area contributed by atoms with E-state index in [1.807, 2.05) is 0 Å². The zero-order valence-electron chi connectivity index (χ0n) is 7.25. The Labute approximate surface area is 94.6 Å². The highest BCUT2D eigenvalue weighted by atomic mass is 35.5. The van der Waals surface area contributed by atoms with Crippen LogP contribution in [0.5, 0.6) is 0 Å². The third kappa shape index (κ3) is 3.28. The molecule has 0 saturated heterocycles. The second-order valence-electron chi connectivity index (χ2n) is 2.58. The van der Waals surface area contributed by atoms with E-state index in [0.29, 0.717) is 5.69 Å². The summed E-state index contributed by atoms with van der Waals surface area (Å²) in [4.78, 5) is 3.77. The molecule has 1 nitrogen and oxygen atoms in total. The lowest BCUT2D eigenvalue weighted by molar-refractivity contribution is -0.137. The van der Waals surface area contributed by atoms with Crippen LogP contribution in [0.15, 0.2) is 23.2 Å². The molecule has 0 aromatic heterocycles. The van der Waals surface area contributed by atoms with Crippen molar-refractivity contribution in [3.05, 3.63) is 28.8 Å². The van der Waals surface area contributed by atoms with Crippen molar-refractivity contribution < 1.29 is 13.2 Å². The summed E-state index contributed by atoms with van der Waals surface area (Å²) in [6.45, 7) is 0. The standard InChI is InChI=1S/C9H5ClF3NS/c10-8-5-6(14-3-4-15)1-2-7(8)9(11,12)13/h1-5H. The molecule has 0 heterocycles. The van der Waals surface area contributed by atoms with E-state index in [1.54, 1.807) is 0 Å². The Morgan fingerprint density at radius 1 is 1.33 bits per heavy atom. The van der Waals surface area contributed by atoms with Gasteiger partial charge in [0.2, 0.25) is 0 Å². The molecule has 0 aliphatic rings. The summed E-state index contributed by atoms with van der Waals surface area (Å²) in [6, 6.07) is 3.25. The quantitative estimate of drug-likeness (QED) is 0.570. The van der Waals surface area contributed by atoms with Crippen molar-refractivity contribution in [2.24, 2.45) is 4.99 Å². The number of hydrogen-bond acceptors (Lipinski definition) is 2. The second kappa shape index (κ2) is 4.72. The third-order valence-electron chi connectivity index (χ3n) is 1.54. The smallest absolute Gasteiger partial charge is 0.256 e. The van der Waals surface area contributed by atoms with Crippen molar-refractivity contribution in [3.63, 3.8) is 0 Å². The summed E-state index contributed by atoms with van der Waals surface area (Å²) in [5.74, 6) is 0. The number of hydrogen-bond donors (Lipinski definition) is 0. The summed E-state index contributed by atoms with van der Waals surface area (Å²) in [7, 11) is 0. The van der Waals surface area contributed by atoms with E-state index in [9.17, 15) is 13.2 Å². The molecule has 80 valence electrons. The summed E-state index contributed by atoms with van der Waals surface area (Å²) in [6.07, 6.45) is -3.14. The molecule has 1 aromatic carbocycles. The summed E-state index contributed by atoms with van der Waals surface area (Å²) in [5, 5.41) is 0.882. The van der Waals surface area contributed by atoms with Crippen LogP contribution in [0.3, 0.4) is 0 Å². The maximum Gasteiger partial charge on any atom is 0.417 e. The summed E-state index contributed by atoms with van der Waals surface area (Å²) in [5.41, 5.74) is -0.542. The van der Waals surface area contributed by atoms with E-state index in [0.717, 1.165) is 12.1 Å². The van der Waals surface area contributed by atoms with Gasteiger partial charge in [-0.05, 0) is 18.2 Å². The van der Waals surface area contributed by atoms with Crippen molar-refractivity contribution in [1.82, 2.24) is 0 Å². The molecule has 6 heteroatoms. The minimum Gasteiger partial charge on any atom is -0.256 e. The van der Waals surface area contributed by atoms with Crippen LogP contribution in [0.4, 0.5) is 18.9 Å². The van der Waals surface area contributed by atoms with Crippen LogP contribution in [0.2, 0.25) is 5.02 Å². The predicted molar refractivity (Wildman–Crippen MR) is 58.3 cm³/mol. The van der Waals surface area contributed by atoms with Crippen molar-refractivity contribution in [1.29, 1.82) is 0 Å². The van der Waals surface area contributed by atoms with E-state index < -0.39 is 11.7 Å². The van der Waals surface area contributed by atoms with Crippen LogP contribution in [0.25, 0.3) is 0 Å². The molecule has 0 fully saturated rings. The van der Waals surface area contributed by atoms with Crippen LogP contribution in [-0.4, -0.2) is 11.6 Å². The SMILES string of the molecule is FC(F)(F)c1ccc(N=CC=S)cc1Cl. The number of aliphatic imine (C=N–C) groups is 1. The normalized spacial score (nSPS) is 12.0. The van der Waals surface area contributed by atoms with Gasteiger partial charge in [0, 0.05) is 11.6 Å². The average Bonchev–Trinajstić information content (AvgIpc) is 2.12. The van der Waals surface area contributed by atoms with Crippen molar-refractivity contribution in [3.8, 4) is 0 Å². The molecule has 1 rings (SSSR count). The largest absolute Gasteiger partial charge is 0.417 e. The van der Waals surface area contributed by atoms with Crippen LogP contribution in [-0.2, 0) is 6.18 Å². The van der Waals surface area contributed by atoms with Crippen molar-refractivity contribution in [2.45, 2.75) is 6.18 Å². The number of nitrogens with zero attached hydrogens (tertiary/aromatic N) is 1. The van der Waals surface area contributed by atoms with Gasteiger partial charge in [-0.25, -0.2) is 0 Å². The first-order valence-corrected chi connectivity index (χ1v) is 4.64. The minimum atomic E-state index is -4.44. The van der Waals surface area contributed by atoms with Gasteiger partial charge in [0.1, 0.15) is 0 Å². The monoisotopic (exact) mass is 251 g/mol. The Kier molecular flexibility index (Phi) is 3.82. The Balaban J connectivity index is 3.09. The summed E-state index contributed by atoms with van der Waals surface area (Å²) < 4.78 is 36.9. The molecule has 0 aliphatic carbocycles. The predicted octanol–water partition coefficient (Wildman–Crippen LogP) is 4.06. The Morgan fingerprint density at radius 2 is 2.00 bits per heavy atom. The van der Waals surface area contributed by atoms with Crippen molar-refractivity contribution >= 4 is 41.1 Å². The zero-order chi connectivity index (χ0) is 11.5. The maximum absolute atomic E-state index is 12.3. The highest BCUT2D eigenvalue weighted by molar-refractivity contribution is 7.80. The molecule has 1 aromatic rings. The maximum atomic E-state index is 12.3. The topological polar surface area (TPSA) is 12.4 Å². The van der Waals surface area contributed by atoms with Gasteiger partial charge in [-0.2, -0.15) is 13.2 Å². The Bertz CT molecular complexity index is 401. The van der Waals surface area contributed by atoms with Crippen molar-refractivity contribution in [2.75, 3.05) is 0 Å². The first-order valence-electron chi connectivity index (χ1n) is 3.79. The molecule has 0 unspecified atom stereocenters. The number of thiocarbonyl (C=S) groups is 1. The van der Waals surface area contributed by atoms with Gasteiger partial charge in [-0.3, -0.25) is 4.99 Å². The minimum absolute atomic E-state index is 0.328. The van der Waals surface area contributed by atoms with Gasteiger partial charge in [-0.1, -0.05) is 23.8 Å². The number of rotatable bonds is 2. The van der Waals surface area contributed by atoms with Crippen LogP contribution in [0.1, 0.15) is 5.56 Å². The molecule has 0 N–H and O–H groups in total. The lowest BCUT2D eigenvalue weighted by atomic mass is 10.2. The molecule has 0 radical (unpaired) electrons. The fraction of sp³-hybridized carbons (Fsp3) is 0.111. The molecular formula is C9H5ClF3NS. The fourth-order valence-electron chi connectivity index (χ4n) is 0.931. The Morgan fingerprint density at radius 3 is 2.47 bits per heavy atom. The molecule has 0 amide bonds. The van der Waals surface area contributed by atoms with Crippen LogP contribution < -0.4 is 0 Å². The molecule has 0 aliphatic heterocycles. The van der Waals surface area contributed by atoms with Gasteiger partial charge in [0.15, 0.2) is 0 Å². The molecule has 0 spiro atoms.